The minimum atomic E-state index is -0.527. The summed E-state index contributed by atoms with van der Waals surface area (Å²) in [5.74, 6) is -0.648. The van der Waals surface area contributed by atoms with Crippen LogP contribution in [-0.2, 0) is 16.0 Å². The number of carbonyl (C=O) groups excluding carboxylic acids is 2. The minimum absolute atomic E-state index is 0.121. The smallest absolute Gasteiger partial charge is 0.243 e. The SMILES string of the molecule is CCCCCCC(=CC(N)=O)NC(=O)Cc1ccccc1. The van der Waals surface area contributed by atoms with E-state index in [1.54, 1.807) is 0 Å². The van der Waals surface area contributed by atoms with Gasteiger partial charge >= 0.3 is 0 Å². The summed E-state index contributed by atoms with van der Waals surface area (Å²) >= 11 is 0. The number of nitrogens with two attached hydrogens (primary N) is 1. The maximum atomic E-state index is 12.0. The van der Waals surface area contributed by atoms with Crippen molar-refractivity contribution < 1.29 is 9.59 Å². The Morgan fingerprint density at radius 3 is 2.48 bits per heavy atom. The summed E-state index contributed by atoms with van der Waals surface area (Å²) in [5, 5.41) is 2.80. The van der Waals surface area contributed by atoms with E-state index in [2.05, 4.69) is 12.2 Å². The third-order valence-corrected chi connectivity index (χ3v) is 3.12. The predicted octanol–water partition coefficient (Wildman–Crippen LogP) is 2.68. The molecule has 0 aliphatic heterocycles. The molecule has 0 bridgehead atoms. The molecule has 0 aromatic heterocycles. The van der Waals surface area contributed by atoms with E-state index in [1.807, 2.05) is 30.3 Å². The van der Waals surface area contributed by atoms with Crippen LogP contribution in [0.15, 0.2) is 42.1 Å². The van der Waals surface area contributed by atoms with Crippen LogP contribution < -0.4 is 11.1 Å². The highest BCUT2D eigenvalue weighted by Crippen LogP contribution is 2.09. The standard InChI is InChI=1S/C17H24N2O2/c1-2-3-4-8-11-15(13-16(18)20)19-17(21)12-14-9-6-5-7-10-14/h5-7,9-10,13H,2-4,8,11-12H2,1H3,(H2,18,20)(H,19,21). The van der Waals surface area contributed by atoms with Crippen LogP contribution in [0.2, 0.25) is 0 Å². The fraction of sp³-hybridized carbons (Fsp3) is 0.412. The Bertz CT molecular complexity index is 481. The van der Waals surface area contributed by atoms with Gasteiger partial charge in [0.05, 0.1) is 6.42 Å². The summed E-state index contributed by atoms with van der Waals surface area (Å²) in [6.07, 6.45) is 6.61. The molecule has 1 aromatic rings. The van der Waals surface area contributed by atoms with Gasteiger partial charge < -0.3 is 11.1 Å². The summed E-state index contributed by atoms with van der Waals surface area (Å²) in [6, 6.07) is 9.51. The molecule has 21 heavy (non-hydrogen) atoms. The molecule has 114 valence electrons. The van der Waals surface area contributed by atoms with Crippen LogP contribution in [0.5, 0.6) is 0 Å². The molecule has 3 N–H and O–H groups in total. The van der Waals surface area contributed by atoms with E-state index in [1.165, 1.54) is 6.08 Å². The Kier molecular flexibility index (Phi) is 7.87. The predicted molar refractivity (Wildman–Crippen MR) is 84.3 cm³/mol. The molecule has 2 amide bonds. The minimum Gasteiger partial charge on any atom is -0.366 e. The number of nitrogens with one attached hydrogen (secondary N) is 1. The molecule has 4 heteroatoms. The van der Waals surface area contributed by atoms with Gasteiger partial charge in [-0.05, 0) is 18.4 Å². The number of hydrogen-bond donors (Lipinski definition) is 2. The first kappa shape index (κ1) is 17.0. The summed E-state index contributed by atoms with van der Waals surface area (Å²) in [7, 11) is 0. The van der Waals surface area contributed by atoms with Crippen molar-refractivity contribution in [3.05, 3.63) is 47.7 Å². The quantitative estimate of drug-likeness (QED) is 0.541. The average molecular weight is 288 g/mol. The first-order chi connectivity index (χ1) is 10.1. The Balaban J connectivity index is 2.51. The van der Waals surface area contributed by atoms with Gasteiger partial charge in [-0.25, -0.2) is 0 Å². The number of allylic oxidation sites excluding steroid dienone is 1. The average Bonchev–Trinajstić information content (AvgIpc) is 2.43. The lowest BCUT2D eigenvalue weighted by Crippen LogP contribution is -2.26. The van der Waals surface area contributed by atoms with Crippen LogP contribution >= 0.6 is 0 Å². The lowest BCUT2D eigenvalue weighted by molar-refractivity contribution is -0.119. The molecule has 1 rings (SSSR count). The number of carbonyl (C=O) groups is 2. The molecule has 0 atom stereocenters. The lowest BCUT2D eigenvalue weighted by Gasteiger charge is -2.09. The number of primary amides is 1. The molecule has 0 aliphatic carbocycles. The molecule has 4 nitrogen and oxygen atoms in total. The maximum absolute atomic E-state index is 12.0. The van der Waals surface area contributed by atoms with Gasteiger partial charge in [-0.1, -0.05) is 56.5 Å². The fourth-order valence-corrected chi connectivity index (χ4v) is 2.09. The van der Waals surface area contributed by atoms with Gasteiger partial charge in [-0.2, -0.15) is 0 Å². The van der Waals surface area contributed by atoms with Gasteiger partial charge in [0.2, 0.25) is 11.8 Å². The van der Waals surface area contributed by atoms with Gasteiger partial charge in [0, 0.05) is 11.8 Å². The zero-order valence-electron chi connectivity index (χ0n) is 12.6. The topological polar surface area (TPSA) is 72.2 Å². The Labute approximate surface area is 126 Å². The highest BCUT2D eigenvalue weighted by atomic mass is 16.2. The molecule has 0 saturated heterocycles. The fourth-order valence-electron chi connectivity index (χ4n) is 2.09. The molecule has 0 spiro atoms. The summed E-state index contributed by atoms with van der Waals surface area (Å²) < 4.78 is 0. The second kappa shape index (κ2) is 9.75. The van der Waals surface area contributed by atoms with Crippen LogP contribution in [-0.4, -0.2) is 11.8 Å². The molecular weight excluding hydrogens is 264 g/mol. The molecule has 0 saturated carbocycles. The van der Waals surface area contributed by atoms with Crippen molar-refractivity contribution in [3.8, 4) is 0 Å². The largest absolute Gasteiger partial charge is 0.366 e. The van der Waals surface area contributed by atoms with Crippen LogP contribution in [0, 0.1) is 0 Å². The van der Waals surface area contributed by atoms with E-state index < -0.39 is 5.91 Å². The first-order valence-corrected chi connectivity index (χ1v) is 7.45. The summed E-state index contributed by atoms with van der Waals surface area (Å²) in [6.45, 7) is 2.14. The first-order valence-electron chi connectivity index (χ1n) is 7.45. The van der Waals surface area contributed by atoms with Crippen LogP contribution in [0.25, 0.3) is 0 Å². The molecule has 1 aromatic carbocycles. The second-order valence-corrected chi connectivity index (χ2v) is 5.09. The van der Waals surface area contributed by atoms with E-state index in [-0.39, 0.29) is 5.91 Å². The normalized spacial score (nSPS) is 11.2. The number of amides is 2. The monoisotopic (exact) mass is 288 g/mol. The number of rotatable bonds is 9. The lowest BCUT2D eigenvalue weighted by atomic mass is 10.1. The Morgan fingerprint density at radius 1 is 1.14 bits per heavy atom. The van der Waals surface area contributed by atoms with E-state index in [0.29, 0.717) is 18.5 Å². The van der Waals surface area contributed by atoms with Crippen molar-refractivity contribution in [2.75, 3.05) is 0 Å². The molecule has 0 radical (unpaired) electrons. The second-order valence-electron chi connectivity index (χ2n) is 5.09. The highest BCUT2D eigenvalue weighted by molar-refractivity contribution is 5.88. The van der Waals surface area contributed by atoms with Crippen molar-refractivity contribution >= 4 is 11.8 Å². The van der Waals surface area contributed by atoms with E-state index >= 15 is 0 Å². The van der Waals surface area contributed by atoms with Gasteiger partial charge in [-0.3, -0.25) is 9.59 Å². The Morgan fingerprint density at radius 2 is 1.86 bits per heavy atom. The van der Waals surface area contributed by atoms with E-state index in [9.17, 15) is 9.59 Å². The highest BCUT2D eigenvalue weighted by Gasteiger charge is 2.07. The van der Waals surface area contributed by atoms with Crippen LogP contribution in [0.3, 0.4) is 0 Å². The third kappa shape index (κ3) is 7.92. The van der Waals surface area contributed by atoms with Gasteiger partial charge in [0.15, 0.2) is 0 Å². The third-order valence-electron chi connectivity index (χ3n) is 3.12. The van der Waals surface area contributed by atoms with E-state index in [4.69, 9.17) is 5.73 Å². The van der Waals surface area contributed by atoms with Crippen molar-refractivity contribution in [3.63, 3.8) is 0 Å². The molecule has 0 aliphatic rings. The summed E-state index contributed by atoms with van der Waals surface area (Å²) in [4.78, 5) is 23.0. The molecule has 0 heterocycles. The maximum Gasteiger partial charge on any atom is 0.243 e. The van der Waals surface area contributed by atoms with Gasteiger partial charge in [0.1, 0.15) is 0 Å². The van der Waals surface area contributed by atoms with Crippen LogP contribution in [0.1, 0.15) is 44.6 Å². The number of unbranched alkanes of at least 4 members (excludes halogenated alkanes) is 3. The van der Waals surface area contributed by atoms with Crippen molar-refractivity contribution in [1.82, 2.24) is 5.32 Å². The number of benzene rings is 1. The van der Waals surface area contributed by atoms with E-state index in [0.717, 1.165) is 31.2 Å². The molecular formula is C17H24N2O2. The van der Waals surface area contributed by atoms with Crippen molar-refractivity contribution in [2.45, 2.75) is 45.4 Å². The Hall–Kier alpha value is -2.10. The summed E-state index contributed by atoms with van der Waals surface area (Å²) in [5.41, 5.74) is 6.74. The zero-order chi connectivity index (χ0) is 15.5. The van der Waals surface area contributed by atoms with Gasteiger partial charge in [0.25, 0.3) is 0 Å². The number of hydrogen-bond acceptors (Lipinski definition) is 2. The zero-order valence-corrected chi connectivity index (χ0v) is 12.6. The molecule has 0 fully saturated rings. The van der Waals surface area contributed by atoms with Crippen molar-refractivity contribution in [1.29, 1.82) is 0 Å². The van der Waals surface area contributed by atoms with Crippen LogP contribution in [0.4, 0.5) is 0 Å². The molecule has 0 unspecified atom stereocenters. The van der Waals surface area contributed by atoms with Crippen molar-refractivity contribution in [2.24, 2.45) is 5.73 Å². The van der Waals surface area contributed by atoms with Gasteiger partial charge in [-0.15, -0.1) is 0 Å².